The van der Waals surface area contributed by atoms with Gasteiger partial charge < -0.3 is 16.2 Å². The predicted octanol–water partition coefficient (Wildman–Crippen LogP) is 1.38. The number of rotatable bonds is 3. The minimum absolute atomic E-state index is 0.485. The van der Waals surface area contributed by atoms with E-state index in [-0.39, 0.29) is 0 Å². The number of nitrogen functional groups attached to an aromatic ring is 1. The number of nitrogens with one attached hydrogen (secondary N) is 1. The normalized spacial score (nSPS) is 19.0. The van der Waals surface area contributed by atoms with Gasteiger partial charge >= 0.3 is 0 Å². The molecule has 1 aromatic rings. The SMILES string of the molecule is Nc1ncccc1NCC1(O)CCCC1. The van der Waals surface area contributed by atoms with Crippen LogP contribution >= 0.6 is 0 Å². The molecule has 0 saturated heterocycles. The maximum Gasteiger partial charge on any atom is 0.146 e. The van der Waals surface area contributed by atoms with E-state index in [1.165, 1.54) is 0 Å². The fourth-order valence-electron chi connectivity index (χ4n) is 2.04. The van der Waals surface area contributed by atoms with Crippen molar-refractivity contribution in [2.24, 2.45) is 0 Å². The molecule has 0 atom stereocenters. The fraction of sp³-hybridized carbons (Fsp3) is 0.545. The van der Waals surface area contributed by atoms with Gasteiger partial charge in [-0.1, -0.05) is 12.8 Å². The Hall–Kier alpha value is -1.29. The smallest absolute Gasteiger partial charge is 0.146 e. The summed E-state index contributed by atoms with van der Waals surface area (Å²) in [6.45, 7) is 0.558. The van der Waals surface area contributed by atoms with Crippen LogP contribution in [0.15, 0.2) is 18.3 Å². The van der Waals surface area contributed by atoms with Crippen LogP contribution in [0.2, 0.25) is 0 Å². The van der Waals surface area contributed by atoms with E-state index in [1.807, 2.05) is 12.1 Å². The third kappa shape index (κ3) is 2.39. The maximum atomic E-state index is 10.1. The summed E-state index contributed by atoms with van der Waals surface area (Å²) in [6.07, 6.45) is 5.63. The Balaban J connectivity index is 1.95. The van der Waals surface area contributed by atoms with Crippen LogP contribution in [0.1, 0.15) is 25.7 Å². The molecule has 4 nitrogen and oxygen atoms in total. The van der Waals surface area contributed by atoms with E-state index in [2.05, 4.69) is 10.3 Å². The van der Waals surface area contributed by atoms with Gasteiger partial charge in [-0.2, -0.15) is 0 Å². The lowest BCUT2D eigenvalue weighted by Gasteiger charge is -2.23. The van der Waals surface area contributed by atoms with Gasteiger partial charge in [-0.15, -0.1) is 0 Å². The number of nitrogens with zero attached hydrogens (tertiary/aromatic N) is 1. The van der Waals surface area contributed by atoms with Gasteiger partial charge in [0.25, 0.3) is 0 Å². The molecular weight excluding hydrogens is 190 g/mol. The molecule has 1 heterocycles. The van der Waals surface area contributed by atoms with Crippen LogP contribution in [0.25, 0.3) is 0 Å². The Bertz CT molecular complexity index is 334. The highest BCUT2D eigenvalue weighted by Gasteiger charge is 2.30. The fourth-order valence-corrected chi connectivity index (χ4v) is 2.04. The standard InChI is InChI=1S/C11H17N3O/c12-10-9(4-3-7-13-10)14-8-11(15)5-1-2-6-11/h3-4,7,14-15H,1-2,5-6,8H2,(H2,12,13). The maximum absolute atomic E-state index is 10.1. The Morgan fingerprint density at radius 3 is 2.87 bits per heavy atom. The van der Waals surface area contributed by atoms with Gasteiger partial charge in [-0.25, -0.2) is 4.98 Å². The van der Waals surface area contributed by atoms with Crippen LogP contribution in [0.5, 0.6) is 0 Å². The molecule has 0 radical (unpaired) electrons. The Kier molecular flexibility index (Phi) is 2.77. The summed E-state index contributed by atoms with van der Waals surface area (Å²) in [5.74, 6) is 0.485. The van der Waals surface area contributed by atoms with Gasteiger partial charge in [-0.05, 0) is 25.0 Å². The minimum atomic E-state index is -0.553. The second kappa shape index (κ2) is 4.06. The molecule has 15 heavy (non-hydrogen) atoms. The first-order valence-electron chi connectivity index (χ1n) is 5.36. The molecule has 0 spiro atoms. The van der Waals surface area contributed by atoms with Crippen molar-refractivity contribution < 1.29 is 5.11 Å². The quantitative estimate of drug-likeness (QED) is 0.700. The van der Waals surface area contributed by atoms with Crippen molar-refractivity contribution in [3.63, 3.8) is 0 Å². The second-order valence-electron chi connectivity index (χ2n) is 4.22. The summed E-state index contributed by atoms with van der Waals surface area (Å²) >= 11 is 0. The van der Waals surface area contributed by atoms with Crippen molar-refractivity contribution in [1.82, 2.24) is 4.98 Å². The van der Waals surface area contributed by atoms with E-state index < -0.39 is 5.60 Å². The highest BCUT2D eigenvalue weighted by atomic mass is 16.3. The first kappa shape index (κ1) is 10.2. The Morgan fingerprint density at radius 1 is 1.47 bits per heavy atom. The van der Waals surface area contributed by atoms with E-state index >= 15 is 0 Å². The second-order valence-corrected chi connectivity index (χ2v) is 4.22. The summed E-state index contributed by atoms with van der Waals surface area (Å²) in [5.41, 5.74) is 5.94. The number of anilines is 2. The molecule has 0 unspecified atom stereocenters. The molecule has 1 saturated carbocycles. The summed E-state index contributed by atoms with van der Waals surface area (Å²) in [5, 5.41) is 13.3. The van der Waals surface area contributed by atoms with Crippen molar-refractivity contribution in [2.45, 2.75) is 31.3 Å². The number of nitrogens with two attached hydrogens (primary N) is 1. The van der Waals surface area contributed by atoms with Crippen molar-refractivity contribution in [1.29, 1.82) is 0 Å². The van der Waals surface area contributed by atoms with Gasteiger partial charge in [0.1, 0.15) is 5.82 Å². The third-order valence-electron chi connectivity index (χ3n) is 2.98. The van der Waals surface area contributed by atoms with Crippen molar-refractivity contribution in [3.8, 4) is 0 Å². The van der Waals surface area contributed by atoms with Gasteiger partial charge in [0.05, 0.1) is 11.3 Å². The molecule has 82 valence electrons. The molecule has 1 aromatic heterocycles. The molecule has 2 rings (SSSR count). The van der Waals surface area contributed by atoms with Crippen LogP contribution in [0, 0.1) is 0 Å². The van der Waals surface area contributed by atoms with Crippen LogP contribution in [-0.2, 0) is 0 Å². The topological polar surface area (TPSA) is 71.2 Å². The lowest BCUT2D eigenvalue weighted by atomic mass is 10.0. The molecule has 0 amide bonds. The van der Waals surface area contributed by atoms with E-state index in [0.717, 1.165) is 31.4 Å². The number of pyridine rings is 1. The third-order valence-corrected chi connectivity index (χ3v) is 2.98. The number of hydrogen-bond acceptors (Lipinski definition) is 4. The van der Waals surface area contributed by atoms with E-state index in [1.54, 1.807) is 6.20 Å². The van der Waals surface area contributed by atoms with E-state index in [4.69, 9.17) is 5.73 Å². The Labute approximate surface area is 89.5 Å². The molecule has 1 aliphatic carbocycles. The number of hydrogen-bond donors (Lipinski definition) is 3. The molecule has 0 aromatic carbocycles. The lowest BCUT2D eigenvalue weighted by molar-refractivity contribution is 0.0615. The Morgan fingerprint density at radius 2 is 2.20 bits per heavy atom. The molecule has 0 bridgehead atoms. The first-order chi connectivity index (χ1) is 7.20. The van der Waals surface area contributed by atoms with Crippen LogP contribution < -0.4 is 11.1 Å². The van der Waals surface area contributed by atoms with Crippen molar-refractivity contribution >= 4 is 11.5 Å². The summed E-state index contributed by atoms with van der Waals surface area (Å²) in [7, 11) is 0. The average Bonchev–Trinajstić information content (AvgIpc) is 2.65. The summed E-state index contributed by atoms with van der Waals surface area (Å²) in [6, 6.07) is 3.71. The average molecular weight is 207 g/mol. The number of aliphatic hydroxyl groups is 1. The zero-order valence-electron chi connectivity index (χ0n) is 8.74. The van der Waals surface area contributed by atoms with Gasteiger partial charge in [-0.3, -0.25) is 0 Å². The molecule has 1 fully saturated rings. The van der Waals surface area contributed by atoms with Gasteiger partial charge in [0, 0.05) is 12.7 Å². The largest absolute Gasteiger partial charge is 0.388 e. The summed E-state index contributed by atoms with van der Waals surface area (Å²) < 4.78 is 0. The summed E-state index contributed by atoms with van der Waals surface area (Å²) in [4.78, 5) is 3.98. The first-order valence-corrected chi connectivity index (χ1v) is 5.36. The van der Waals surface area contributed by atoms with Gasteiger partial charge in [0.2, 0.25) is 0 Å². The van der Waals surface area contributed by atoms with E-state index in [9.17, 15) is 5.11 Å². The lowest BCUT2D eigenvalue weighted by Crippen LogP contribution is -2.33. The van der Waals surface area contributed by atoms with E-state index in [0.29, 0.717) is 12.4 Å². The zero-order chi connectivity index (χ0) is 10.7. The molecule has 4 heteroatoms. The van der Waals surface area contributed by atoms with Crippen molar-refractivity contribution in [2.75, 3.05) is 17.6 Å². The molecule has 1 aliphatic rings. The highest BCUT2D eigenvalue weighted by Crippen LogP contribution is 2.29. The predicted molar refractivity (Wildman–Crippen MR) is 60.6 cm³/mol. The van der Waals surface area contributed by atoms with Crippen LogP contribution in [0.4, 0.5) is 11.5 Å². The van der Waals surface area contributed by atoms with Crippen molar-refractivity contribution in [3.05, 3.63) is 18.3 Å². The highest BCUT2D eigenvalue weighted by molar-refractivity contribution is 5.60. The number of aromatic nitrogens is 1. The molecular formula is C11H17N3O. The molecule has 0 aliphatic heterocycles. The minimum Gasteiger partial charge on any atom is -0.388 e. The zero-order valence-corrected chi connectivity index (χ0v) is 8.74. The van der Waals surface area contributed by atoms with Gasteiger partial charge in [0.15, 0.2) is 0 Å². The molecule has 4 N–H and O–H groups in total. The van der Waals surface area contributed by atoms with Crippen LogP contribution in [0.3, 0.4) is 0 Å². The monoisotopic (exact) mass is 207 g/mol. The van der Waals surface area contributed by atoms with Crippen LogP contribution in [-0.4, -0.2) is 22.2 Å².